The standard InChI is InChI=1S/C24H35N5O3S/c1-5-11-29(12-6-2)24(30)22-16-20(17-26-23(22)28-13-9-25-10-14-28)27-33(31,32)21-8-7-18(3)19(4)15-21/h7-8,15-17,25,27H,5-6,9-14H2,1-4H3. The fourth-order valence-electron chi connectivity index (χ4n) is 3.92. The van der Waals surface area contributed by atoms with E-state index in [1.807, 2.05) is 32.6 Å². The van der Waals surface area contributed by atoms with Crippen LogP contribution in [-0.2, 0) is 10.0 Å². The lowest BCUT2D eigenvalue weighted by molar-refractivity contribution is 0.0755. The normalized spacial score (nSPS) is 14.2. The van der Waals surface area contributed by atoms with Gasteiger partial charge in [-0.2, -0.15) is 0 Å². The van der Waals surface area contributed by atoms with E-state index < -0.39 is 10.0 Å². The van der Waals surface area contributed by atoms with Crippen molar-refractivity contribution in [2.24, 2.45) is 0 Å². The van der Waals surface area contributed by atoms with Crippen LogP contribution in [0.4, 0.5) is 11.5 Å². The molecule has 180 valence electrons. The van der Waals surface area contributed by atoms with E-state index in [1.54, 1.807) is 24.3 Å². The third-order valence-corrected chi connectivity index (χ3v) is 7.21. The maximum absolute atomic E-state index is 13.5. The van der Waals surface area contributed by atoms with Crippen LogP contribution in [-0.4, -0.2) is 63.5 Å². The van der Waals surface area contributed by atoms with E-state index in [0.29, 0.717) is 24.5 Å². The van der Waals surface area contributed by atoms with Gasteiger partial charge in [0.2, 0.25) is 0 Å². The molecule has 0 atom stereocenters. The smallest absolute Gasteiger partial charge is 0.261 e. The van der Waals surface area contributed by atoms with E-state index in [2.05, 4.69) is 19.9 Å². The summed E-state index contributed by atoms with van der Waals surface area (Å²) in [6.45, 7) is 12.3. The predicted molar refractivity (Wildman–Crippen MR) is 133 cm³/mol. The molecule has 1 aromatic carbocycles. The molecule has 8 nitrogen and oxygen atoms in total. The Morgan fingerprint density at radius 1 is 1.09 bits per heavy atom. The zero-order valence-corrected chi connectivity index (χ0v) is 20.8. The summed E-state index contributed by atoms with van der Waals surface area (Å²) in [5.74, 6) is 0.486. The minimum absolute atomic E-state index is 0.119. The Bertz CT molecular complexity index is 1080. The van der Waals surface area contributed by atoms with Crippen molar-refractivity contribution in [3.63, 3.8) is 0 Å². The minimum atomic E-state index is -3.81. The molecule has 1 aromatic heterocycles. The Hall–Kier alpha value is -2.65. The number of benzene rings is 1. The van der Waals surface area contributed by atoms with Gasteiger partial charge in [0, 0.05) is 39.3 Å². The first-order chi connectivity index (χ1) is 15.8. The first-order valence-corrected chi connectivity index (χ1v) is 13.1. The van der Waals surface area contributed by atoms with Gasteiger partial charge in [-0.25, -0.2) is 13.4 Å². The molecule has 2 N–H and O–H groups in total. The molecule has 0 aliphatic carbocycles. The Morgan fingerprint density at radius 3 is 2.36 bits per heavy atom. The third kappa shape index (κ3) is 6.03. The highest BCUT2D eigenvalue weighted by Crippen LogP contribution is 2.26. The van der Waals surface area contributed by atoms with Gasteiger partial charge in [0.25, 0.3) is 15.9 Å². The Kier molecular flexibility index (Phi) is 8.31. The summed E-state index contributed by atoms with van der Waals surface area (Å²) < 4.78 is 28.7. The van der Waals surface area contributed by atoms with Crippen LogP contribution in [0.1, 0.15) is 48.2 Å². The van der Waals surface area contributed by atoms with Crippen molar-refractivity contribution in [3.8, 4) is 0 Å². The van der Waals surface area contributed by atoms with Gasteiger partial charge in [-0.3, -0.25) is 9.52 Å². The van der Waals surface area contributed by atoms with Gasteiger partial charge in [0.1, 0.15) is 5.82 Å². The second-order valence-corrected chi connectivity index (χ2v) is 10.2. The molecular weight excluding hydrogens is 438 g/mol. The van der Waals surface area contributed by atoms with Crippen molar-refractivity contribution >= 4 is 27.4 Å². The van der Waals surface area contributed by atoms with E-state index in [4.69, 9.17) is 0 Å². The topological polar surface area (TPSA) is 94.6 Å². The average molecular weight is 474 g/mol. The number of amides is 1. The van der Waals surface area contributed by atoms with Crippen molar-refractivity contribution in [2.45, 2.75) is 45.4 Å². The number of nitrogens with one attached hydrogen (secondary N) is 2. The first-order valence-electron chi connectivity index (χ1n) is 11.6. The van der Waals surface area contributed by atoms with Crippen LogP contribution in [0.15, 0.2) is 35.4 Å². The number of hydrogen-bond donors (Lipinski definition) is 2. The lowest BCUT2D eigenvalue weighted by Crippen LogP contribution is -2.45. The van der Waals surface area contributed by atoms with Crippen molar-refractivity contribution in [2.75, 3.05) is 48.9 Å². The zero-order valence-electron chi connectivity index (χ0n) is 20.0. The number of carbonyl (C=O) groups is 1. The van der Waals surface area contributed by atoms with Crippen molar-refractivity contribution < 1.29 is 13.2 Å². The highest BCUT2D eigenvalue weighted by Gasteiger charge is 2.25. The van der Waals surface area contributed by atoms with E-state index >= 15 is 0 Å². The molecule has 2 aromatic rings. The molecule has 1 amide bonds. The van der Waals surface area contributed by atoms with Crippen LogP contribution >= 0.6 is 0 Å². The summed E-state index contributed by atoms with van der Waals surface area (Å²) >= 11 is 0. The largest absolute Gasteiger partial charge is 0.353 e. The summed E-state index contributed by atoms with van der Waals surface area (Å²) in [5, 5.41) is 3.31. The molecule has 2 heterocycles. The molecule has 3 rings (SSSR count). The highest BCUT2D eigenvalue weighted by molar-refractivity contribution is 7.92. The predicted octanol–water partition coefficient (Wildman–Crippen LogP) is 3.17. The van der Waals surface area contributed by atoms with E-state index in [0.717, 1.165) is 50.1 Å². The summed E-state index contributed by atoms with van der Waals surface area (Å²) in [7, 11) is -3.81. The number of piperazine rings is 1. The van der Waals surface area contributed by atoms with Gasteiger partial charge in [0.15, 0.2) is 0 Å². The van der Waals surface area contributed by atoms with Gasteiger partial charge in [-0.1, -0.05) is 19.9 Å². The Labute approximate surface area is 197 Å². The number of hydrogen-bond acceptors (Lipinski definition) is 6. The van der Waals surface area contributed by atoms with Crippen LogP contribution in [0.25, 0.3) is 0 Å². The molecule has 0 bridgehead atoms. The molecule has 0 spiro atoms. The zero-order chi connectivity index (χ0) is 24.0. The number of pyridine rings is 1. The van der Waals surface area contributed by atoms with Crippen molar-refractivity contribution in [1.29, 1.82) is 0 Å². The van der Waals surface area contributed by atoms with Crippen molar-refractivity contribution in [1.82, 2.24) is 15.2 Å². The van der Waals surface area contributed by atoms with Crippen LogP contribution in [0.2, 0.25) is 0 Å². The molecule has 9 heteroatoms. The molecular formula is C24H35N5O3S. The van der Waals surface area contributed by atoms with Crippen molar-refractivity contribution in [3.05, 3.63) is 47.2 Å². The van der Waals surface area contributed by atoms with Gasteiger partial charge in [-0.05, 0) is 56.0 Å². The van der Waals surface area contributed by atoms with Gasteiger partial charge in [-0.15, -0.1) is 0 Å². The Balaban J connectivity index is 1.98. The van der Waals surface area contributed by atoms with E-state index in [1.165, 1.54) is 6.20 Å². The fraction of sp³-hybridized carbons (Fsp3) is 0.500. The first kappa shape index (κ1) is 25.0. The summed E-state index contributed by atoms with van der Waals surface area (Å²) in [5.41, 5.74) is 2.63. The van der Waals surface area contributed by atoms with E-state index in [9.17, 15) is 13.2 Å². The summed E-state index contributed by atoms with van der Waals surface area (Å²) in [4.78, 5) is 22.2. The molecule has 1 fully saturated rings. The number of carbonyl (C=O) groups excluding carboxylic acids is 1. The molecule has 0 saturated carbocycles. The number of anilines is 2. The van der Waals surface area contributed by atoms with Crippen LogP contribution in [0, 0.1) is 13.8 Å². The maximum atomic E-state index is 13.5. The average Bonchev–Trinajstić information content (AvgIpc) is 2.80. The van der Waals surface area contributed by atoms with Gasteiger partial charge >= 0.3 is 0 Å². The Morgan fingerprint density at radius 2 is 1.76 bits per heavy atom. The minimum Gasteiger partial charge on any atom is -0.353 e. The highest BCUT2D eigenvalue weighted by atomic mass is 32.2. The molecule has 0 unspecified atom stereocenters. The summed E-state index contributed by atoms with van der Waals surface area (Å²) in [6.07, 6.45) is 3.19. The van der Waals surface area contributed by atoms with Crippen LogP contribution in [0.5, 0.6) is 0 Å². The van der Waals surface area contributed by atoms with E-state index in [-0.39, 0.29) is 16.5 Å². The number of nitrogens with zero attached hydrogens (tertiary/aromatic N) is 3. The molecule has 1 saturated heterocycles. The monoisotopic (exact) mass is 473 g/mol. The second kappa shape index (κ2) is 11.0. The third-order valence-electron chi connectivity index (χ3n) is 5.83. The molecule has 1 aliphatic heterocycles. The van der Waals surface area contributed by atoms with Gasteiger partial charge < -0.3 is 15.1 Å². The lowest BCUT2D eigenvalue weighted by atomic mass is 10.1. The molecule has 33 heavy (non-hydrogen) atoms. The molecule has 1 aliphatic rings. The number of aryl methyl sites for hydroxylation is 2. The molecule has 0 radical (unpaired) electrons. The quantitative estimate of drug-likeness (QED) is 0.581. The fourth-order valence-corrected chi connectivity index (χ4v) is 5.04. The maximum Gasteiger partial charge on any atom is 0.261 e. The van der Waals surface area contributed by atoms with Crippen LogP contribution < -0.4 is 14.9 Å². The summed E-state index contributed by atoms with van der Waals surface area (Å²) in [6, 6.07) is 6.65. The lowest BCUT2D eigenvalue weighted by Gasteiger charge is -2.31. The number of sulfonamides is 1. The van der Waals surface area contributed by atoms with Gasteiger partial charge in [0.05, 0.1) is 22.3 Å². The SMILES string of the molecule is CCCN(CCC)C(=O)c1cc(NS(=O)(=O)c2ccc(C)c(C)c2)cnc1N1CCNCC1. The van der Waals surface area contributed by atoms with Crippen LogP contribution in [0.3, 0.4) is 0 Å². The number of rotatable bonds is 9. The second-order valence-electron chi connectivity index (χ2n) is 8.48. The number of aromatic nitrogens is 1.